The van der Waals surface area contributed by atoms with Crippen molar-refractivity contribution >= 4 is 23.2 Å². The molecule has 0 radical (unpaired) electrons. The van der Waals surface area contributed by atoms with Gasteiger partial charge in [-0.15, -0.1) is 11.3 Å². The highest BCUT2D eigenvalue weighted by Gasteiger charge is 2.30. The number of carbonyl (C=O) groups excluding carboxylic acids is 2. The molecule has 0 bridgehead atoms. The Labute approximate surface area is 112 Å². The van der Waals surface area contributed by atoms with E-state index < -0.39 is 0 Å². The van der Waals surface area contributed by atoms with E-state index in [1.807, 2.05) is 0 Å². The zero-order valence-electron chi connectivity index (χ0n) is 10.9. The largest absolute Gasteiger partial charge is 0.288 e. The van der Waals surface area contributed by atoms with E-state index in [1.165, 1.54) is 19.3 Å². The van der Waals surface area contributed by atoms with Gasteiger partial charge in [-0.05, 0) is 18.8 Å². The van der Waals surface area contributed by atoms with Crippen molar-refractivity contribution in [1.29, 1.82) is 0 Å². The maximum Gasteiger partial charge on any atom is 0.260 e. The summed E-state index contributed by atoms with van der Waals surface area (Å²) in [7, 11) is 0. The van der Waals surface area contributed by atoms with Gasteiger partial charge in [0.1, 0.15) is 0 Å². The molecule has 2 heterocycles. The molecule has 3 nitrogen and oxygen atoms in total. The van der Waals surface area contributed by atoms with E-state index in [4.69, 9.17) is 0 Å². The molecule has 0 saturated heterocycles. The Hall–Kier alpha value is -1.16. The lowest BCUT2D eigenvalue weighted by atomic mass is 10.00. The third kappa shape index (κ3) is 2.64. The fourth-order valence-electron chi connectivity index (χ4n) is 2.21. The van der Waals surface area contributed by atoms with Crippen LogP contribution >= 0.6 is 11.3 Å². The van der Waals surface area contributed by atoms with Crippen LogP contribution in [0.1, 0.15) is 65.1 Å². The number of aryl methyl sites for hydroxylation is 1. The average molecular weight is 265 g/mol. The highest BCUT2D eigenvalue weighted by atomic mass is 32.1. The van der Waals surface area contributed by atoms with Crippen molar-refractivity contribution in [2.24, 2.45) is 5.92 Å². The van der Waals surface area contributed by atoms with Crippen molar-refractivity contribution in [2.45, 2.75) is 46.0 Å². The first kappa shape index (κ1) is 13.3. The first-order chi connectivity index (χ1) is 8.63. The van der Waals surface area contributed by atoms with Gasteiger partial charge in [0.15, 0.2) is 0 Å². The lowest BCUT2D eigenvalue weighted by Crippen LogP contribution is -2.20. The standard InChI is InChI=1S/C14H19NO2S/c1-3-9(2)6-4-5-7-11-12-10(8-18-11)13(16)15-14(12)17/h8-9H,3-7H2,1-2H3,(H,15,16,17). The lowest BCUT2D eigenvalue weighted by molar-refractivity contribution is 0.0879. The van der Waals surface area contributed by atoms with Gasteiger partial charge in [0.25, 0.3) is 11.8 Å². The summed E-state index contributed by atoms with van der Waals surface area (Å²) in [6.45, 7) is 4.49. The molecule has 18 heavy (non-hydrogen) atoms. The van der Waals surface area contributed by atoms with Gasteiger partial charge >= 0.3 is 0 Å². The van der Waals surface area contributed by atoms with Crippen LogP contribution in [0.3, 0.4) is 0 Å². The van der Waals surface area contributed by atoms with E-state index in [1.54, 1.807) is 16.7 Å². The predicted molar refractivity (Wildman–Crippen MR) is 73.1 cm³/mol. The number of nitrogens with one attached hydrogen (secondary N) is 1. The number of hydrogen-bond donors (Lipinski definition) is 1. The number of thiophene rings is 1. The number of carbonyl (C=O) groups is 2. The summed E-state index contributed by atoms with van der Waals surface area (Å²) in [6, 6.07) is 0. The zero-order valence-corrected chi connectivity index (χ0v) is 11.7. The highest BCUT2D eigenvalue weighted by Crippen LogP contribution is 2.28. The average Bonchev–Trinajstić information content (AvgIpc) is 2.88. The molecule has 4 heteroatoms. The molecule has 1 N–H and O–H groups in total. The second kappa shape index (κ2) is 5.65. The van der Waals surface area contributed by atoms with Crippen LogP contribution in [0, 0.1) is 5.92 Å². The number of rotatable bonds is 6. The molecule has 0 aromatic carbocycles. The molecule has 0 saturated carbocycles. The van der Waals surface area contributed by atoms with Crippen LogP contribution < -0.4 is 5.32 Å². The highest BCUT2D eigenvalue weighted by molar-refractivity contribution is 7.10. The fourth-order valence-corrected chi connectivity index (χ4v) is 3.28. The fraction of sp³-hybridized carbons (Fsp3) is 0.571. The molecule has 1 aromatic rings. The Balaban J connectivity index is 1.90. The van der Waals surface area contributed by atoms with Gasteiger partial charge in [0, 0.05) is 10.3 Å². The molecule has 2 amide bonds. The first-order valence-corrected chi connectivity index (χ1v) is 7.47. The summed E-state index contributed by atoms with van der Waals surface area (Å²) < 4.78 is 0. The van der Waals surface area contributed by atoms with Crippen LogP contribution in [-0.4, -0.2) is 11.8 Å². The minimum Gasteiger partial charge on any atom is -0.288 e. The summed E-state index contributed by atoms with van der Waals surface area (Å²) in [5, 5.41) is 4.15. The molecule has 1 atom stereocenters. The summed E-state index contributed by atoms with van der Waals surface area (Å²) in [5.74, 6) is 0.328. The third-order valence-corrected chi connectivity index (χ3v) is 4.66. The number of fused-ring (bicyclic) bond motifs is 1. The van der Waals surface area contributed by atoms with Crippen LogP contribution in [0.2, 0.25) is 0 Å². The Morgan fingerprint density at radius 3 is 2.78 bits per heavy atom. The van der Waals surface area contributed by atoms with Crippen LogP contribution in [0.15, 0.2) is 5.38 Å². The van der Waals surface area contributed by atoms with Gasteiger partial charge in [0.2, 0.25) is 0 Å². The molecule has 1 aromatic heterocycles. The van der Waals surface area contributed by atoms with Gasteiger partial charge in [-0.2, -0.15) is 0 Å². The molecule has 0 aliphatic carbocycles. The van der Waals surface area contributed by atoms with Gasteiger partial charge < -0.3 is 0 Å². The molecule has 98 valence electrons. The SMILES string of the molecule is CCC(C)CCCCc1scc2c1C(=O)NC2=O. The maximum absolute atomic E-state index is 11.6. The smallest absolute Gasteiger partial charge is 0.260 e. The van der Waals surface area contributed by atoms with Crippen molar-refractivity contribution in [3.05, 3.63) is 21.4 Å². The van der Waals surface area contributed by atoms with Crippen LogP contribution in [-0.2, 0) is 6.42 Å². The van der Waals surface area contributed by atoms with Crippen molar-refractivity contribution < 1.29 is 9.59 Å². The minimum absolute atomic E-state index is 0.215. The summed E-state index contributed by atoms with van der Waals surface area (Å²) in [5.41, 5.74) is 1.20. The zero-order chi connectivity index (χ0) is 13.1. The Morgan fingerprint density at radius 2 is 2.06 bits per heavy atom. The number of unbranched alkanes of at least 4 members (excludes halogenated alkanes) is 1. The summed E-state index contributed by atoms with van der Waals surface area (Å²) in [6.07, 6.45) is 5.67. The van der Waals surface area contributed by atoms with Gasteiger partial charge in [-0.3, -0.25) is 14.9 Å². The van der Waals surface area contributed by atoms with E-state index in [2.05, 4.69) is 19.2 Å². The van der Waals surface area contributed by atoms with E-state index >= 15 is 0 Å². The minimum atomic E-state index is -0.239. The molecule has 0 fully saturated rings. The van der Waals surface area contributed by atoms with Gasteiger partial charge in [0.05, 0.1) is 11.1 Å². The number of amides is 2. The third-order valence-electron chi connectivity index (χ3n) is 3.61. The number of hydrogen-bond acceptors (Lipinski definition) is 3. The normalized spacial score (nSPS) is 15.7. The molecular formula is C14H19NO2S. The predicted octanol–water partition coefficient (Wildman–Crippen LogP) is 3.39. The first-order valence-electron chi connectivity index (χ1n) is 6.59. The van der Waals surface area contributed by atoms with Gasteiger partial charge in [-0.25, -0.2) is 0 Å². The monoisotopic (exact) mass is 265 g/mol. The van der Waals surface area contributed by atoms with Crippen molar-refractivity contribution in [2.75, 3.05) is 0 Å². The second-order valence-corrected chi connectivity index (χ2v) is 5.95. The van der Waals surface area contributed by atoms with Crippen LogP contribution in [0.5, 0.6) is 0 Å². The Morgan fingerprint density at radius 1 is 1.28 bits per heavy atom. The molecular weight excluding hydrogens is 246 g/mol. The van der Waals surface area contributed by atoms with Crippen LogP contribution in [0.25, 0.3) is 0 Å². The Kier molecular flexibility index (Phi) is 4.17. The molecule has 0 spiro atoms. The van der Waals surface area contributed by atoms with E-state index in [0.717, 1.165) is 23.6 Å². The molecule has 1 unspecified atom stereocenters. The van der Waals surface area contributed by atoms with Crippen LogP contribution in [0.4, 0.5) is 0 Å². The molecule has 1 aliphatic heterocycles. The quantitative estimate of drug-likeness (QED) is 0.633. The molecule has 2 rings (SSSR count). The van der Waals surface area contributed by atoms with Gasteiger partial charge in [-0.1, -0.05) is 33.1 Å². The van der Waals surface area contributed by atoms with Crippen molar-refractivity contribution in [3.63, 3.8) is 0 Å². The topological polar surface area (TPSA) is 46.2 Å². The summed E-state index contributed by atoms with van der Waals surface area (Å²) in [4.78, 5) is 24.1. The van der Waals surface area contributed by atoms with E-state index in [9.17, 15) is 9.59 Å². The maximum atomic E-state index is 11.6. The lowest BCUT2D eigenvalue weighted by Gasteiger charge is -2.07. The van der Waals surface area contributed by atoms with E-state index in [0.29, 0.717) is 11.1 Å². The molecule has 1 aliphatic rings. The van der Waals surface area contributed by atoms with Crippen molar-refractivity contribution in [1.82, 2.24) is 5.32 Å². The summed E-state index contributed by atoms with van der Waals surface area (Å²) >= 11 is 1.54. The number of imide groups is 1. The van der Waals surface area contributed by atoms with E-state index in [-0.39, 0.29) is 11.8 Å². The Bertz CT molecular complexity index is 464. The van der Waals surface area contributed by atoms with Crippen molar-refractivity contribution in [3.8, 4) is 0 Å². The second-order valence-electron chi connectivity index (χ2n) is 4.99.